The van der Waals surface area contributed by atoms with Gasteiger partial charge >= 0.3 is 0 Å². The molecule has 1 aliphatic rings. The van der Waals surface area contributed by atoms with Crippen molar-refractivity contribution < 1.29 is 19.0 Å². The van der Waals surface area contributed by atoms with Crippen LogP contribution in [0.15, 0.2) is 54.6 Å². The molecule has 0 unspecified atom stereocenters. The lowest BCUT2D eigenvalue weighted by atomic mass is 10.0. The van der Waals surface area contributed by atoms with E-state index in [4.69, 9.17) is 19.2 Å². The Kier molecular flexibility index (Phi) is 7.65. The quantitative estimate of drug-likeness (QED) is 0.327. The van der Waals surface area contributed by atoms with Crippen LogP contribution in [0.5, 0.6) is 11.5 Å². The predicted molar refractivity (Wildman–Crippen MR) is 145 cm³/mol. The molecule has 0 atom stereocenters. The Hall–Kier alpha value is -3.20. The fourth-order valence-corrected chi connectivity index (χ4v) is 5.82. The molecule has 5 rings (SSSR count). The summed E-state index contributed by atoms with van der Waals surface area (Å²) in [6, 6.07) is 18.1. The van der Waals surface area contributed by atoms with E-state index in [0.717, 1.165) is 66.1 Å². The Morgan fingerprint density at radius 1 is 1.03 bits per heavy atom. The van der Waals surface area contributed by atoms with Gasteiger partial charge < -0.3 is 14.2 Å². The van der Waals surface area contributed by atoms with Crippen molar-refractivity contribution in [3.8, 4) is 11.5 Å². The van der Waals surface area contributed by atoms with Gasteiger partial charge in [0, 0.05) is 26.2 Å². The van der Waals surface area contributed by atoms with Crippen molar-refractivity contribution in [2.75, 3.05) is 58.5 Å². The van der Waals surface area contributed by atoms with Crippen LogP contribution in [0.1, 0.15) is 12.0 Å². The van der Waals surface area contributed by atoms with Gasteiger partial charge in [-0.05, 0) is 34.9 Å². The highest BCUT2D eigenvalue weighted by Crippen LogP contribution is 2.40. The van der Waals surface area contributed by atoms with Gasteiger partial charge in [0.25, 0.3) is 0 Å². The smallest absolute Gasteiger partial charge is 0.233 e. The van der Waals surface area contributed by atoms with Gasteiger partial charge in [0.1, 0.15) is 21.7 Å². The fourth-order valence-electron chi connectivity index (χ4n) is 4.70. The zero-order chi connectivity index (χ0) is 24.9. The molecule has 1 amide bonds. The number of fused-ring (bicyclic) bond motifs is 2. The molecule has 1 saturated heterocycles. The van der Waals surface area contributed by atoms with Crippen LogP contribution >= 0.6 is 11.3 Å². The third kappa shape index (κ3) is 5.16. The molecule has 0 N–H and O–H groups in total. The molecule has 36 heavy (non-hydrogen) atoms. The summed E-state index contributed by atoms with van der Waals surface area (Å²) < 4.78 is 17.5. The highest BCUT2D eigenvalue weighted by atomic mass is 32.1. The first-order valence-corrected chi connectivity index (χ1v) is 13.1. The molecule has 1 aromatic heterocycles. The van der Waals surface area contributed by atoms with E-state index in [1.54, 1.807) is 14.2 Å². The summed E-state index contributed by atoms with van der Waals surface area (Å²) in [5, 5.41) is 2.91. The van der Waals surface area contributed by atoms with E-state index in [0.29, 0.717) is 29.4 Å². The van der Waals surface area contributed by atoms with E-state index in [1.165, 1.54) is 11.3 Å². The number of hydrogen-bond acceptors (Lipinski definition) is 7. The highest BCUT2D eigenvalue weighted by molar-refractivity contribution is 7.22. The Morgan fingerprint density at radius 3 is 2.58 bits per heavy atom. The molecule has 2 heterocycles. The van der Waals surface area contributed by atoms with Crippen molar-refractivity contribution in [3.05, 3.63) is 60.2 Å². The Morgan fingerprint density at radius 2 is 1.78 bits per heavy atom. The summed E-state index contributed by atoms with van der Waals surface area (Å²) in [6.45, 7) is 4.89. The maximum absolute atomic E-state index is 13.8. The molecule has 188 valence electrons. The number of carbonyl (C=O) groups excluding carboxylic acids is 1. The SMILES string of the molecule is COc1ccc(OC)c2sc(N(CCCN3CCOCC3)C(=O)Cc3cccc4ccccc34)nc12. The number of carbonyl (C=O) groups is 1. The molecular weight excluding hydrogens is 474 g/mol. The van der Waals surface area contributed by atoms with Gasteiger partial charge in [-0.25, -0.2) is 4.98 Å². The van der Waals surface area contributed by atoms with Gasteiger partial charge in [0.15, 0.2) is 5.13 Å². The number of morpholine rings is 1. The van der Waals surface area contributed by atoms with Gasteiger partial charge in [0.05, 0.1) is 33.9 Å². The van der Waals surface area contributed by atoms with E-state index >= 15 is 0 Å². The van der Waals surface area contributed by atoms with Crippen LogP contribution in [0.25, 0.3) is 21.0 Å². The third-order valence-electron chi connectivity index (χ3n) is 6.61. The van der Waals surface area contributed by atoms with Crippen LogP contribution in [0.2, 0.25) is 0 Å². The first-order chi connectivity index (χ1) is 17.7. The number of ether oxygens (including phenoxy) is 3. The van der Waals surface area contributed by atoms with E-state index in [9.17, 15) is 4.79 Å². The minimum atomic E-state index is 0.0327. The minimum absolute atomic E-state index is 0.0327. The van der Waals surface area contributed by atoms with Crippen LogP contribution in [-0.2, 0) is 16.0 Å². The second-order valence-corrected chi connectivity index (χ2v) is 9.79. The second-order valence-electron chi connectivity index (χ2n) is 8.81. The number of nitrogens with zero attached hydrogens (tertiary/aromatic N) is 3. The van der Waals surface area contributed by atoms with Gasteiger partial charge in [-0.3, -0.25) is 14.6 Å². The maximum atomic E-state index is 13.8. The number of benzene rings is 3. The number of hydrogen-bond donors (Lipinski definition) is 0. The lowest BCUT2D eigenvalue weighted by Gasteiger charge is -2.27. The van der Waals surface area contributed by atoms with Gasteiger partial charge in [-0.2, -0.15) is 0 Å². The van der Waals surface area contributed by atoms with Crippen LogP contribution in [0, 0.1) is 0 Å². The van der Waals surface area contributed by atoms with Crippen molar-refractivity contribution in [1.82, 2.24) is 9.88 Å². The molecule has 1 fully saturated rings. The van der Waals surface area contributed by atoms with E-state index < -0.39 is 0 Å². The number of methoxy groups -OCH3 is 2. The fraction of sp³-hybridized carbons (Fsp3) is 0.357. The zero-order valence-corrected chi connectivity index (χ0v) is 21.6. The molecule has 0 saturated carbocycles. The number of aromatic nitrogens is 1. The Labute approximate surface area is 215 Å². The monoisotopic (exact) mass is 505 g/mol. The van der Waals surface area contributed by atoms with Crippen molar-refractivity contribution in [1.29, 1.82) is 0 Å². The van der Waals surface area contributed by atoms with Crippen LogP contribution < -0.4 is 14.4 Å². The average molecular weight is 506 g/mol. The number of anilines is 1. The molecule has 3 aromatic carbocycles. The molecule has 4 aromatic rings. The maximum Gasteiger partial charge on any atom is 0.233 e. The summed E-state index contributed by atoms with van der Waals surface area (Å²) in [5.74, 6) is 1.43. The number of thiazole rings is 1. The van der Waals surface area contributed by atoms with Crippen molar-refractivity contribution in [2.24, 2.45) is 0 Å². The van der Waals surface area contributed by atoms with E-state index in [1.807, 2.05) is 41.3 Å². The average Bonchev–Trinajstić information content (AvgIpc) is 3.36. The van der Waals surface area contributed by atoms with Crippen LogP contribution in [0.3, 0.4) is 0 Å². The molecule has 0 spiro atoms. The molecular formula is C28H31N3O4S. The van der Waals surface area contributed by atoms with E-state index in [-0.39, 0.29) is 5.91 Å². The number of rotatable bonds is 9. The summed E-state index contributed by atoms with van der Waals surface area (Å²) in [7, 11) is 3.28. The van der Waals surface area contributed by atoms with Crippen LogP contribution in [-0.4, -0.2) is 69.4 Å². The minimum Gasteiger partial charge on any atom is -0.495 e. The summed E-state index contributed by atoms with van der Waals surface area (Å²) in [6.07, 6.45) is 1.16. The van der Waals surface area contributed by atoms with Crippen molar-refractivity contribution in [3.63, 3.8) is 0 Å². The topological polar surface area (TPSA) is 64.1 Å². The second kappa shape index (κ2) is 11.2. The predicted octanol–water partition coefficient (Wildman–Crippen LogP) is 4.76. The molecule has 7 nitrogen and oxygen atoms in total. The largest absolute Gasteiger partial charge is 0.495 e. The first kappa shape index (κ1) is 24.5. The Bertz CT molecular complexity index is 1300. The normalized spacial score (nSPS) is 14.3. The van der Waals surface area contributed by atoms with Gasteiger partial charge in [-0.1, -0.05) is 53.8 Å². The number of amides is 1. The lowest BCUT2D eigenvalue weighted by Crippen LogP contribution is -2.39. The van der Waals surface area contributed by atoms with Crippen molar-refractivity contribution >= 4 is 43.4 Å². The lowest BCUT2D eigenvalue weighted by molar-refractivity contribution is -0.118. The van der Waals surface area contributed by atoms with Crippen molar-refractivity contribution in [2.45, 2.75) is 12.8 Å². The standard InChI is InChI=1S/C28H31N3O4S/c1-33-23-11-12-24(34-2)27-26(23)29-28(36-27)31(14-6-13-30-15-17-35-18-16-30)25(32)19-21-9-5-8-20-7-3-4-10-22(20)21/h3-5,7-12H,6,13-19H2,1-2H3. The zero-order valence-electron chi connectivity index (χ0n) is 20.7. The first-order valence-electron chi connectivity index (χ1n) is 12.3. The molecule has 8 heteroatoms. The summed E-state index contributed by atoms with van der Waals surface area (Å²) in [4.78, 5) is 22.9. The summed E-state index contributed by atoms with van der Waals surface area (Å²) >= 11 is 1.47. The molecule has 1 aliphatic heterocycles. The van der Waals surface area contributed by atoms with Gasteiger partial charge in [-0.15, -0.1) is 0 Å². The third-order valence-corrected chi connectivity index (χ3v) is 7.71. The highest BCUT2D eigenvalue weighted by Gasteiger charge is 2.23. The molecule has 0 aliphatic carbocycles. The van der Waals surface area contributed by atoms with Gasteiger partial charge in [0.2, 0.25) is 5.91 Å². The van der Waals surface area contributed by atoms with E-state index in [2.05, 4.69) is 23.1 Å². The Balaban J connectivity index is 1.45. The molecule has 0 bridgehead atoms. The summed E-state index contributed by atoms with van der Waals surface area (Å²) in [5.41, 5.74) is 1.74. The van der Waals surface area contributed by atoms with Crippen LogP contribution in [0.4, 0.5) is 5.13 Å². The molecule has 0 radical (unpaired) electrons.